The molecule has 0 aliphatic carbocycles. The van der Waals surface area contributed by atoms with E-state index in [1.54, 1.807) is 0 Å². The van der Waals surface area contributed by atoms with Crippen molar-refractivity contribution in [3.8, 4) is 11.3 Å². The second-order valence-electron chi connectivity index (χ2n) is 4.24. The number of nitrogens with zero attached hydrogens (tertiary/aromatic N) is 1. The van der Waals surface area contributed by atoms with Crippen molar-refractivity contribution < 1.29 is 0 Å². The monoisotopic (exact) mass is 296 g/mol. The lowest BCUT2D eigenvalue weighted by molar-refractivity contribution is 1.32. The maximum Gasteiger partial charge on any atom is 0.0745 e. The first-order valence-electron chi connectivity index (χ1n) is 5.78. The molecule has 3 aromatic rings. The summed E-state index contributed by atoms with van der Waals surface area (Å²) in [6.07, 6.45) is 0. The second kappa shape index (κ2) is 4.54. The first-order chi connectivity index (χ1) is 8.74. The predicted octanol–water partition coefficient (Wildman–Crippen LogP) is 4.77. The smallest absolute Gasteiger partial charge is 0.0745 e. The van der Waals surface area contributed by atoms with Gasteiger partial charge in [0.15, 0.2) is 0 Å². The molecule has 3 rings (SSSR count). The van der Waals surface area contributed by atoms with Crippen LogP contribution in [0.5, 0.6) is 0 Å². The SMILES string of the molecule is Cc1[c]c2cc(Br)ccc2nc1-c1ccccc1. The van der Waals surface area contributed by atoms with Crippen molar-refractivity contribution >= 4 is 26.8 Å². The van der Waals surface area contributed by atoms with Crippen molar-refractivity contribution in [2.45, 2.75) is 6.92 Å². The summed E-state index contributed by atoms with van der Waals surface area (Å²) in [7, 11) is 0. The van der Waals surface area contributed by atoms with Gasteiger partial charge >= 0.3 is 0 Å². The largest absolute Gasteiger partial charge is 0.247 e. The average Bonchev–Trinajstić information content (AvgIpc) is 2.39. The van der Waals surface area contributed by atoms with Crippen LogP contribution in [-0.4, -0.2) is 4.98 Å². The first-order valence-corrected chi connectivity index (χ1v) is 6.58. The quantitative estimate of drug-likeness (QED) is 0.630. The normalized spacial score (nSPS) is 10.8. The molecule has 0 amide bonds. The van der Waals surface area contributed by atoms with Gasteiger partial charge in [0.25, 0.3) is 0 Å². The average molecular weight is 297 g/mol. The molecule has 0 saturated carbocycles. The third-order valence-electron chi connectivity index (χ3n) is 2.92. The zero-order valence-corrected chi connectivity index (χ0v) is 11.5. The van der Waals surface area contributed by atoms with Gasteiger partial charge in [-0.25, -0.2) is 4.98 Å². The van der Waals surface area contributed by atoms with E-state index >= 15 is 0 Å². The Morgan fingerprint density at radius 1 is 1.06 bits per heavy atom. The highest BCUT2D eigenvalue weighted by molar-refractivity contribution is 9.10. The Bertz CT molecular complexity index is 705. The number of benzene rings is 2. The minimum Gasteiger partial charge on any atom is -0.247 e. The van der Waals surface area contributed by atoms with Gasteiger partial charge in [0.1, 0.15) is 0 Å². The molecule has 0 aliphatic rings. The number of aromatic nitrogens is 1. The van der Waals surface area contributed by atoms with Gasteiger partial charge in [0.2, 0.25) is 0 Å². The Morgan fingerprint density at radius 2 is 1.83 bits per heavy atom. The number of fused-ring (bicyclic) bond motifs is 1. The molecule has 0 unspecified atom stereocenters. The Kier molecular flexibility index (Phi) is 2.88. The molecular formula is C16H11BrN. The summed E-state index contributed by atoms with van der Waals surface area (Å²) in [6.45, 7) is 2.05. The Labute approximate surface area is 115 Å². The fraction of sp³-hybridized carbons (Fsp3) is 0.0625. The van der Waals surface area contributed by atoms with E-state index in [-0.39, 0.29) is 0 Å². The van der Waals surface area contributed by atoms with E-state index in [9.17, 15) is 0 Å². The minimum atomic E-state index is 0.975. The van der Waals surface area contributed by atoms with Crippen molar-refractivity contribution in [3.63, 3.8) is 0 Å². The molecule has 87 valence electrons. The summed E-state index contributed by atoms with van der Waals surface area (Å²) in [5.74, 6) is 0. The lowest BCUT2D eigenvalue weighted by Gasteiger charge is -2.07. The molecule has 0 N–H and O–H groups in total. The van der Waals surface area contributed by atoms with Gasteiger partial charge < -0.3 is 0 Å². The van der Waals surface area contributed by atoms with Crippen LogP contribution in [0.3, 0.4) is 0 Å². The van der Waals surface area contributed by atoms with Crippen molar-refractivity contribution in [2.75, 3.05) is 0 Å². The summed E-state index contributed by atoms with van der Waals surface area (Å²) in [5, 5.41) is 1.04. The van der Waals surface area contributed by atoms with E-state index in [4.69, 9.17) is 4.98 Å². The Morgan fingerprint density at radius 3 is 2.61 bits per heavy atom. The highest BCUT2D eigenvalue weighted by Gasteiger charge is 2.06. The van der Waals surface area contributed by atoms with Crippen LogP contribution in [0.4, 0.5) is 0 Å². The summed E-state index contributed by atoms with van der Waals surface area (Å²) in [6, 6.07) is 19.7. The van der Waals surface area contributed by atoms with E-state index < -0.39 is 0 Å². The topological polar surface area (TPSA) is 12.9 Å². The number of halogens is 1. The summed E-state index contributed by atoms with van der Waals surface area (Å²) < 4.78 is 1.06. The third-order valence-corrected chi connectivity index (χ3v) is 3.41. The van der Waals surface area contributed by atoms with Crippen LogP contribution in [0.2, 0.25) is 0 Å². The molecule has 2 aromatic carbocycles. The molecule has 1 radical (unpaired) electrons. The number of rotatable bonds is 1. The molecule has 0 atom stereocenters. The van der Waals surface area contributed by atoms with E-state index in [0.29, 0.717) is 0 Å². The number of aryl methyl sites for hydroxylation is 1. The Balaban J connectivity index is 2.25. The maximum atomic E-state index is 4.73. The van der Waals surface area contributed by atoms with Crippen LogP contribution in [0.15, 0.2) is 53.0 Å². The fourth-order valence-corrected chi connectivity index (χ4v) is 2.41. The van der Waals surface area contributed by atoms with Gasteiger partial charge in [0.05, 0.1) is 11.2 Å². The molecule has 0 saturated heterocycles. The molecule has 0 aliphatic heterocycles. The van der Waals surface area contributed by atoms with Crippen LogP contribution < -0.4 is 0 Å². The molecule has 18 heavy (non-hydrogen) atoms. The van der Waals surface area contributed by atoms with Gasteiger partial charge in [0, 0.05) is 15.4 Å². The van der Waals surface area contributed by atoms with E-state index in [2.05, 4.69) is 41.1 Å². The van der Waals surface area contributed by atoms with Crippen LogP contribution in [0.25, 0.3) is 22.2 Å². The summed E-state index contributed by atoms with van der Waals surface area (Å²) >= 11 is 3.47. The van der Waals surface area contributed by atoms with Gasteiger partial charge in [-0.3, -0.25) is 0 Å². The molecule has 1 heterocycles. The van der Waals surface area contributed by atoms with Crippen LogP contribution in [0.1, 0.15) is 5.56 Å². The molecule has 1 nitrogen and oxygen atoms in total. The lowest BCUT2D eigenvalue weighted by Crippen LogP contribution is -1.90. The van der Waals surface area contributed by atoms with Crippen molar-refractivity contribution in [3.05, 3.63) is 64.6 Å². The second-order valence-corrected chi connectivity index (χ2v) is 5.15. The highest BCUT2D eigenvalue weighted by Crippen LogP contribution is 2.26. The summed E-state index contributed by atoms with van der Waals surface area (Å²) in [4.78, 5) is 4.73. The van der Waals surface area contributed by atoms with E-state index in [1.165, 1.54) is 0 Å². The molecule has 0 fully saturated rings. The predicted molar refractivity (Wildman–Crippen MR) is 78.5 cm³/mol. The maximum absolute atomic E-state index is 4.73. The van der Waals surface area contributed by atoms with Gasteiger partial charge in [-0.05, 0) is 36.8 Å². The van der Waals surface area contributed by atoms with Crippen molar-refractivity contribution in [1.29, 1.82) is 0 Å². The zero-order chi connectivity index (χ0) is 12.5. The van der Waals surface area contributed by atoms with E-state index in [1.807, 2.05) is 36.4 Å². The molecule has 1 aromatic heterocycles. The van der Waals surface area contributed by atoms with E-state index in [0.717, 1.165) is 32.2 Å². The van der Waals surface area contributed by atoms with Gasteiger partial charge in [-0.1, -0.05) is 46.3 Å². The standard InChI is InChI=1S/C16H11BrN/c1-11-9-13-10-14(17)7-8-15(13)18-16(11)12-5-3-2-4-6-12/h2-8,10H,1H3. The molecule has 0 spiro atoms. The van der Waals surface area contributed by atoms with Gasteiger partial charge in [-0.2, -0.15) is 0 Å². The minimum absolute atomic E-state index is 0.975. The third kappa shape index (κ3) is 2.04. The molecular weight excluding hydrogens is 286 g/mol. The molecule has 0 bridgehead atoms. The molecule has 2 heteroatoms. The van der Waals surface area contributed by atoms with Crippen LogP contribution >= 0.6 is 15.9 Å². The lowest BCUT2D eigenvalue weighted by atomic mass is 10.0. The van der Waals surface area contributed by atoms with Crippen LogP contribution in [0, 0.1) is 13.0 Å². The van der Waals surface area contributed by atoms with Crippen molar-refractivity contribution in [2.24, 2.45) is 0 Å². The highest BCUT2D eigenvalue weighted by atomic mass is 79.9. The number of pyridine rings is 1. The van der Waals surface area contributed by atoms with Crippen molar-refractivity contribution in [1.82, 2.24) is 4.98 Å². The fourth-order valence-electron chi connectivity index (χ4n) is 2.05. The first kappa shape index (κ1) is 11.4. The number of hydrogen-bond donors (Lipinski definition) is 0. The number of hydrogen-bond acceptors (Lipinski definition) is 1. The Hall–Kier alpha value is -1.67. The summed E-state index contributed by atoms with van der Waals surface area (Å²) in [5.41, 5.74) is 4.19. The van der Waals surface area contributed by atoms with Gasteiger partial charge in [-0.15, -0.1) is 0 Å². The zero-order valence-electron chi connectivity index (χ0n) is 9.94. The van der Waals surface area contributed by atoms with Crippen LogP contribution in [-0.2, 0) is 0 Å².